The van der Waals surface area contributed by atoms with Crippen molar-refractivity contribution in [2.75, 3.05) is 42.5 Å². The normalized spacial score (nSPS) is 15.6. The van der Waals surface area contributed by atoms with Crippen LogP contribution in [0.15, 0.2) is 77.7 Å². The van der Waals surface area contributed by atoms with Gasteiger partial charge in [0.15, 0.2) is 0 Å². The molecule has 1 saturated heterocycles. The summed E-state index contributed by atoms with van der Waals surface area (Å²) in [5, 5.41) is 7.52. The third kappa shape index (κ3) is 6.72. The van der Waals surface area contributed by atoms with Gasteiger partial charge in [0, 0.05) is 44.5 Å². The lowest BCUT2D eigenvalue weighted by atomic mass is 9.97. The van der Waals surface area contributed by atoms with Crippen LogP contribution in [0.5, 0.6) is 0 Å². The summed E-state index contributed by atoms with van der Waals surface area (Å²) in [5.74, 6) is 0.0229. The summed E-state index contributed by atoms with van der Waals surface area (Å²) >= 11 is 0. The first kappa shape index (κ1) is 24.5. The van der Waals surface area contributed by atoms with Crippen LogP contribution in [0.2, 0.25) is 0 Å². The van der Waals surface area contributed by atoms with Crippen LogP contribution in [-0.4, -0.2) is 48.4 Å². The first-order valence-electron chi connectivity index (χ1n) is 12.6. The second-order valence-corrected chi connectivity index (χ2v) is 9.04. The van der Waals surface area contributed by atoms with E-state index >= 15 is 0 Å². The number of nitrogens with one attached hydrogen (secondary N) is 1. The molecule has 1 fully saturated rings. The fraction of sp³-hybridized carbons (Fsp3) is 0.393. The topological polar surface area (TPSA) is 70.5 Å². The highest BCUT2D eigenvalue weighted by molar-refractivity contribution is 5.79. The van der Waals surface area contributed by atoms with Crippen molar-refractivity contribution in [1.29, 1.82) is 0 Å². The number of amides is 1. The van der Waals surface area contributed by atoms with E-state index in [9.17, 15) is 9.59 Å². The molecule has 7 nitrogen and oxygen atoms in total. The van der Waals surface area contributed by atoms with Crippen LogP contribution < -0.4 is 20.7 Å². The van der Waals surface area contributed by atoms with Gasteiger partial charge in [-0.05, 0) is 43.9 Å². The highest BCUT2D eigenvalue weighted by Gasteiger charge is 2.26. The van der Waals surface area contributed by atoms with Gasteiger partial charge in [-0.25, -0.2) is 4.68 Å². The van der Waals surface area contributed by atoms with E-state index in [1.54, 1.807) is 12.3 Å². The number of rotatable bonds is 10. The van der Waals surface area contributed by atoms with Gasteiger partial charge in [-0.2, -0.15) is 5.10 Å². The number of nitrogens with zero attached hydrogens (tertiary/aromatic N) is 4. The first-order valence-corrected chi connectivity index (χ1v) is 12.6. The number of carbonyl (C=O) groups excluding carboxylic acids is 1. The SMILES string of the molecule is CCN(CCCNC(=O)[C@@H]1CCCN(c2cnn(Cc3ccccc3)c(=O)c2)C1)c1ccccc1. The monoisotopic (exact) mass is 473 g/mol. The fourth-order valence-corrected chi connectivity index (χ4v) is 4.63. The zero-order chi connectivity index (χ0) is 24.5. The van der Waals surface area contributed by atoms with Gasteiger partial charge in [0.1, 0.15) is 0 Å². The first-order chi connectivity index (χ1) is 17.1. The molecule has 0 radical (unpaired) electrons. The van der Waals surface area contributed by atoms with Gasteiger partial charge in [-0.3, -0.25) is 9.59 Å². The highest BCUT2D eigenvalue weighted by atomic mass is 16.2. The summed E-state index contributed by atoms with van der Waals surface area (Å²) in [6.45, 7) is 6.55. The predicted octanol–water partition coefficient (Wildman–Crippen LogP) is 3.54. The molecular formula is C28H35N5O2. The van der Waals surface area contributed by atoms with E-state index in [-0.39, 0.29) is 17.4 Å². The van der Waals surface area contributed by atoms with Crippen LogP contribution in [0, 0.1) is 5.92 Å². The zero-order valence-corrected chi connectivity index (χ0v) is 20.5. The summed E-state index contributed by atoms with van der Waals surface area (Å²) in [4.78, 5) is 29.9. The van der Waals surface area contributed by atoms with Crippen LogP contribution in [0.4, 0.5) is 11.4 Å². The van der Waals surface area contributed by atoms with Crippen LogP contribution in [0.3, 0.4) is 0 Å². The molecule has 2 aromatic carbocycles. The summed E-state index contributed by atoms with van der Waals surface area (Å²) < 4.78 is 1.47. The van der Waals surface area contributed by atoms with Gasteiger partial charge in [-0.1, -0.05) is 48.5 Å². The average Bonchev–Trinajstić information content (AvgIpc) is 2.91. The summed E-state index contributed by atoms with van der Waals surface area (Å²) in [6, 6.07) is 21.8. The van der Waals surface area contributed by atoms with Crippen LogP contribution in [-0.2, 0) is 11.3 Å². The number of benzene rings is 2. The summed E-state index contributed by atoms with van der Waals surface area (Å²) in [7, 11) is 0. The molecule has 4 rings (SSSR count). The van der Waals surface area contributed by atoms with Crippen molar-refractivity contribution in [2.45, 2.75) is 32.7 Å². The molecule has 7 heteroatoms. The predicted molar refractivity (Wildman–Crippen MR) is 141 cm³/mol. The molecule has 2 heterocycles. The number of aromatic nitrogens is 2. The van der Waals surface area contributed by atoms with Gasteiger partial charge >= 0.3 is 0 Å². The fourth-order valence-electron chi connectivity index (χ4n) is 4.63. The Hall–Kier alpha value is -3.61. The van der Waals surface area contributed by atoms with Gasteiger partial charge in [0.25, 0.3) is 5.56 Å². The van der Waals surface area contributed by atoms with E-state index in [1.807, 2.05) is 36.4 Å². The minimum atomic E-state index is -0.128. The van der Waals surface area contributed by atoms with E-state index in [0.717, 1.165) is 50.1 Å². The average molecular weight is 474 g/mol. The molecule has 0 bridgehead atoms. The van der Waals surface area contributed by atoms with Gasteiger partial charge in [0.05, 0.1) is 24.3 Å². The minimum Gasteiger partial charge on any atom is -0.372 e. The van der Waals surface area contributed by atoms with Gasteiger partial charge in [-0.15, -0.1) is 0 Å². The van der Waals surface area contributed by atoms with Gasteiger partial charge in [0.2, 0.25) is 5.91 Å². The Labute approximate surface area is 207 Å². The van der Waals surface area contributed by atoms with Crippen LogP contribution >= 0.6 is 0 Å². The number of carbonyl (C=O) groups is 1. The Balaban J connectivity index is 1.27. The van der Waals surface area contributed by atoms with E-state index in [1.165, 1.54) is 10.4 Å². The van der Waals surface area contributed by atoms with E-state index in [4.69, 9.17) is 0 Å². The van der Waals surface area contributed by atoms with Crippen LogP contribution in [0.1, 0.15) is 31.7 Å². The quantitative estimate of drug-likeness (QED) is 0.456. The van der Waals surface area contributed by atoms with E-state index in [0.29, 0.717) is 19.6 Å². The molecule has 0 saturated carbocycles. The van der Waals surface area contributed by atoms with Crippen molar-refractivity contribution in [3.05, 3.63) is 88.8 Å². The van der Waals surface area contributed by atoms with Crippen molar-refractivity contribution in [2.24, 2.45) is 5.92 Å². The Bertz CT molecular complexity index is 1130. The maximum absolute atomic E-state index is 12.9. The number of hydrogen-bond donors (Lipinski definition) is 1. The molecular weight excluding hydrogens is 438 g/mol. The molecule has 0 spiro atoms. The third-order valence-corrected chi connectivity index (χ3v) is 6.59. The van der Waals surface area contributed by atoms with Gasteiger partial charge < -0.3 is 15.1 Å². The molecule has 1 aliphatic rings. The number of anilines is 2. The second kappa shape index (κ2) is 12.2. The molecule has 0 unspecified atom stereocenters. The third-order valence-electron chi connectivity index (χ3n) is 6.59. The minimum absolute atomic E-state index is 0.0769. The van der Waals surface area contributed by atoms with Crippen molar-refractivity contribution >= 4 is 17.3 Å². The highest BCUT2D eigenvalue weighted by Crippen LogP contribution is 2.22. The largest absolute Gasteiger partial charge is 0.372 e. The number of hydrogen-bond acceptors (Lipinski definition) is 5. The van der Waals surface area contributed by atoms with Crippen molar-refractivity contribution < 1.29 is 4.79 Å². The Morgan fingerprint density at radius 3 is 2.57 bits per heavy atom. The Kier molecular flexibility index (Phi) is 8.54. The molecule has 1 N–H and O–H groups in total. The molecule has 1 atom stereocenters. The van der Waals surface area contributed by atoms with E-state index < -0.39 is 0 Å². The summed E-state index contributed by atoms with van der Waals surface area (Å²) in [6.07, 6.45) is 4.43. The molecule has 0 aliphatic carbocycles. The molecule has 35 heavy (non-hydrogen) atoms. The molecule has 3 aromatic rings. The maximum atomic E-state index is 12.9. The van der Waals surface area contributed by atoms with Crippen LogP contribution in [0.25, 0.3) is 0 Å². The van der Waals surface area contributed by atoms with Crippen molar-refractivity contribution in [1.82, 2.24) is 15.1 Å². The smallest absolute Gasteiger partial charge is 0.269 e. The van der Waals surface area contributed by atoms with Crippen molar-refractivity contribution in [3.63, 3.8) is 0 Å². The molecule has 1 amide bonds. The molecule has 1 aromatic heterocycles. The Morgan fingerprint density at radius 2 is 1.86 bits per heavy atom. The van der Waals surface area contributed by atoms with E-state index in [2.05, 4.69) is 51.4 Å². The number of para-hydroxylation sites is 1. The standard InChI is InChI=1S/C28H35N5O2/c1-2-31(25-14-7-4-8-15-25)18-10-16-29-28(35)24-13-9-17-32(22-24)26-19-27(34)33(30-20-26)21-23-11-5-3-6-12-23/h3-8,11-12,14-15,19-20,24H,2,9-10,13,16-18,21-22H2,1H3,(H,29,35)/t24-/m1/s1. The lowest BCUT2D eigenvalue weighted by Gasteiger charge is -2.33. The Morgan fingerprint density at radius 1 is 1.11 bits per heavy atom. The molecule has 1 aliphatic heterocycles. The lowest BCUT2D eigenvalue weighted by Crippen LogP contribution is -2.44. The molecule has 184 valence electrons. The number of piperidine rings is 1. The summed E-state index contributed by atoms with van der Waals surface area (Å²) in [5.41, 5.74) is 2.91. The maximum Gasteiger partial charge on any atom is 0.269 e. The zero-order valence-electron chi connectivity index (χ0n) is 20.5. The lowest BCUT2D eigenvalue weighted by molar-refractivity contribution is -0.125. The second-order valence-electron chi connectivity index (χ2n) is 9.04. The van der Waals surface area contributed by atoms with Crippen molar-refractivity contribution in [3.8, 4) is 0 Å².